The number of hydrogen-bond acceptors (Lipinski definition) is 7. The van der Waals surface area contributed by atoms with E-state index in [1.165, 1.54) is 4.68 Å². The first-order valence-corrected chi connectivity index (χ1v) is 12.1. The van der Waals surface area contributed by atoms with Gasteiger partial charge in [-0.15, -0.1) is 16.7 Å². The van der Waals surface area contributed by atoms with Gasteiger partial charge in [-0.2, -0.15) is 0 Å². The fraction of sp³-hybridized carbons (Fsp3) is 0.440. The molecule has 35 heavy (non-hydrogen) atoms. The van der Waals surface area contributed by atoms with Crippen LogP contribution in [-0.2, 0) is 18.6 Å². The molecule has 3 aromatic rings. The number of aromatic nitrogens is 3. The van der Waals surface area contributed by atoms with Gasteiger partial charge in [-0.3, -0.25) is 0 Å². The van der Waals surface area contributed by atoms with Crippen molar-refractivity contribution in [2.45, 2.75) is 51.5 Å². The second kappa shape index (κ2) is 12.1. The molecule has 8 nitrogen and oxygen atoms in total. The van der Waals surface area contributed by atoms with Crippen LogP contribution in [0.25, 0.3) is 0 Å². The fourth-order valence-corrected chi connectivity index (χ4v) is 3.90. The highest BCUT2D eigenvalue weighted by Crippen LogP contribution is 2.36. The number of aryl methyl sites for hydroxylation is 1. The highest BCUT2D eigenvalue weighted by Gasteiger charge is 2.24. The largest absolute Gasteiger partial charge is 0.491 e. The van der Waals surface area contributed by atoms with Crippen LogP contribution in [0.1, 0.15) is 36.4 Å². The molecule has 0 radical (unpaired) electrons. The van der Waals surface area contributed by atoms with Gasteiger partial charge >= 0.3 is 0 Å². The summed E-state index contributed by atoms with van der Waals surface area (Å²) in [4.78, 5) is 0. The molecule has 0 fully saturated rings. The minimum atomic E-state index is -0.814. The number of alkyl halides is 1. The predicted octanol–water partition coefficient (Wildman–Crippen LogP) is 3.48. The average molecular weight is 524 g/mol. The fourth-order valence-electron chi connectivity index (χ4n) is 3.58. The van der Waals surface area contributed by atoms with Crippen LogP contribution in [0.2, 0.25) is 5.02 Å². The maximum absolute atomic E-state index is 10.3. The van der Waals surface area contributed by atoms with Gasteiger partial charge in [0.2, 0.25) is 0 Å². The van der Waals surface area contributed by atoms with Crippen molar-refractivity contribution in [1.82, 2.24) is 15.0 Å². The third-order valence-electron chi connectivity index (χ3n) is 5.85. The van der Waals surface area contributed by atoms with Crippen molar-refractivity contribution in [3.63, 3.8) is 0 Å². The lowest BCUT2D eigenvalue weighted by molar-refractivity contribution is 0.0866. The van der Waals surface area contributed by atoms with Crippen LogP contribution < -0.4 is 9.47 Å². The number of nitrogens with zero attached hydrogens (tertiary/aromatic N) is 3. The SMILES string of the molecule is Cc1nnn(C[C@@H](O)COc2ccc(C(C)(C)c3ccc(OC[C@@H](O)CCl)c(Cl)c3)cc2)c1CO. The van der Waals surface area contributed by atoms with Crippen molar-refractivity contribution in [1.29, 1.82) is 0 Å². The third kappa shape index (κ3) is 6.86. The molecule has 0 saturated carbocycles. The molecule has 10 heteroatoms. The lowest BCUT2D eigenvalue weighted by Gasteiger charge is -2.27. The van der Waals surface area contributed by atoms with E-state index >= 15 is 0 Å². The van der Waals surface area contributed by atoms with E-state index in [0.717, 1.165) is 11.1 Å². The summed E-state index contributed by atoms with van der Waals surface area (Å²) in [6.45, 7) is 6.06. The molecule has 0 aliphatic carbocycles. The van der Waals surface area contributed by atoms with Crippen LogP contribution in [0.15, 0.2) is 42.5 Å². The summed E-state index contributed by atoms with van der Waals surface area (Å²) in [6.07, 6.45) is -1.57. The van der Waals surface area contributed by atoms with E-state index < -0.39 is 12.2 Å². The summed E-state index contributed by atoms with van der Waals surface area (Å²) in [5.74, 6) is 1.21. The van der Waals surface area contributed by atoms with E-state index in [1.807, 2.05) is 36.4 Å². The van der Waals surface area contributed by atoms with Crippen LogP contribution in [0, 0.1) is 6.92 Å². The van der Waals surface area contributed by atoms with Gasteiger partial charge in [-0.1, -0.05) is 48.9 Å². The number of benzene rings is 2. The number of aliphatic hydroxyl groups is 3. The lowest BCUT2D eigenvalue weighted by atomic mass is 9.78. The molecule has 0 unspecified atom stereocenters. The topological polar surface area (TPSA) is 110 Å². The Kier molecular flexibility index (Phi) is 9.38. The maximum Gasteiger partial charge on any atom is 0.138 e. The van der Waals surface area contributed by atoms with Gasteiger partial charge in [0, 0.05) is 5.41 Å². The quantitative estimate of drug-likeness (QED) is 0.311. The zero-order valence-electron chi connectivity index (χ0n) is 20.0. The van der Waals surface area contributed by atoms with Crippen molar-refractivity contribution >= 4 is 23.2 Å². The normalized spacial score (nSPS) is 13.5. The molecule has 2 aromatic carbocycles. The van der Waals surface area contributed by atoms with E-state index in [1.54, 1.807) is 13.0 Å². The summed E-state index contributed by atoms with van der Waals surface area (Å²) in [5.41, 5.74) is 2.91. The molecule has 0 amide bonds. The maximum atomic E-state index is 10.3. The smallest absolute Gasteiger partial charge is 0.138 e. The zero-order valence-corrected chi connectivity index (χ0v) is 21.5. The number of rotatable bonds is 12. The van der Waals surface area contributed by atoms with E-state index in [-0.39, 0.29) is 37.7 Å². The molecule has 1 heterocycles. The average Bonchev–Trinajstić information content (AvgIpc) is 3.20. The Labute approximate surface area is 215 Å². The Morgan fingerprint density at radius 2 is 1.66 bits per heavy atom. The first-order valence-electron chi connectivity index (χ1n) is 11.2. The minimum Gasteiger partial charge on any atom is -0.491 e. The van der Waals surface area contributed by atoms with Gasteiger partial charge < -0.3 is 24.8 Å². The summed E-state index contributed by atoms with van der Waals surface area (Å²) in [7, 11) is 0. The molecule has 2 atom stereocenters. The van der Waals surface area contributed by atoms with Gasteiger partial charge in [0.1, 0.15) is 36.9 Å². The zero-order chi connectivity index (χ0) is 25.6. The molecule has 3 N–H and O–H groups in total. The second-order valence-corrected chi connectivity index (χ2v) is 9.56. The number of hydrogen-bond donors (Lipinski definition) is 3. The molecule has 0 spiro atoms. The molecule has 0 saturated heterocycles. The van der Waals surface area contributed by atoms with Crippen LogP contribution in [-0.4, -0.2) is 61.6 Å². The molecule has 0 aliphatic heterocycles. The van der Waals surface area contributed by atoms with E-state index in [2.05, 4.69) is 24.2 Å². The van der Waals surface area contributed by atoms with Crippen molar-refractivity contribution < 1.29 is 24.8 Å². The summed E-state index contributed by atoms with van der Waals surface area (Å²) in [6, 6.07) is 13.3. The standard InChI is InChI=1S/C25H31Cl2N3O5/c1-16-23(13-31)30(29-28-16)12-20(33)15-34-21-7-4-17(5-8-21)25(2,3)18-6-9-24(22(27)10-18)35-14-19(32)11-26/h4-10,19-20,31-33H,11-15H2,1-3H3/t19-,20+/m0/s1. The van der Waals surface area contributed by atoms with Gasteiger partial charge in [0.15, 0.2) is 0 Å². The van der Waals surface area contributed by atoms with Crippen molar-refractivity contribution in [2.75, 3.05) is 19.1 Å². The highest BCUT2D eigenvalue weighted by atomic mass is 35.5. The van der Waals surface area contributed by atoms with E-state index in [9.17, 15) is 15.3 Å². The minimum absolute atomic E-state index is 0.0714. The van der Waals surface area contributed by atoms with E-state index in [0.29, 0.717) is 27.9 Å². The Balaban J connectivity index is 1.61. The molecule has 1 aromatic heterocycles. The second-order valence-electron chi connectivity index (χ2n) is 8.84. The first kappa shape index (κ1) is 27.2. The Morgan fingerprint density at radius 3 is 2.29 bits per heavy atom. The summed E-state index contributed by atoms with van der Waals surface area (Å²) < 4.78 is 12.8. The molecule has 190 valence electrons. The van der Waals surface area contributed by atoms with Gasteiger partial charge in [-0.25, -0.2) is 4.68 Å². The summed E-state index contributed by atoms with van der Waals surface area (Å²) in [5, 5.41) is 37.6. The Morgan fingerprint density at radius 1 is 1.00 bits per heavy atom. The van der Waals surface area contributed by atoms with Gasteiger partial charge in [0.25, 0.3) is 0 Å². The first-order chi connectivity index (χ1) is 16.6. The number of halogens is 2. The molecule has 0 aliphatic rings. The molecule has 3 rings (SSSR count). The third-order valence-corrected chi connectivity index (χ3v) is 6.50. The molecular formula is C25H31Cl2N3O5. The van der Waals surface area contributed by atoms with Crippen LogP contribution in [0.5, 0.6) is 11.5 Å². The monoisotopic (exact) mass is 523 g/mol. The number of ether oxygens (including phenoxy) is 2. The Hall–Kier alpha value is -2.36. The Bertz CT molecular complexity index is 1100. The van der Waals surface area contributed by atoms with Crippen molar-refractivity contribution in [2.24, 2.45) is 0 Å². The van der Waals surface area contributed by atoms with Crippen LogP contribution in [0.4, 0.5) is 0 Å². The van der Waals surface area contributed by atoms with Gasteiger partial charge in [-0.05, 0) is 42.3 Å². The predicted molar refractivity (Wildman–Crippen MR) is 134 cm³/mol. The molecule has 0 bridgehead atoms. The highest BCUT2D eigenvalue weighted by molar-refractivity contribution is 6.32. The lowest BCUT2D eigenvalue weighted by Crippen LogP contribution is -2.25. The van der Waals surface area contributed by atoms with E-state index in [4.69, 9.17) is 32.7 Å². The van der Waals surface area contributed by atoms with Crippen molar-refractivity contribution in [3.8, 4) is 11.5 Å². The van der Waals surface area contributed by atoms with Gasteiger partial charge in [0.05, 0.1) is 35.4 Å². The van der Waals surface area contributed by atoms with Crippen molar-refractivity contribution in [3.05, 3.63) is 70.0 Å². The number of aliphatic hydroxyl groups excluding tert-OH is 3. The van der Waals surface area contributed by atoms with Crippen LogP contribution in [0.3, 0.4) is 0 Å². The molecular weight excluding hydrogens is 493 g/mol. The van der Waals surface area contributed by atoms with Crippen LogP contribution >= 0.6 is 23.2 Å². The summed E-state index contributed by atoms with van der Waals surface area (Å²) >= 11 is 12.0.